The summed E-state index contributed by atoms with van der Waals surface area (Å²) in [4.78, 5) is 25.8. The first-order valence-electron chi connectivity index (χ1n) is 10.9. The zero-order valence-electron chi connectivity index (χ0n) is 18.5. The van der Waals surface area contributed by atoms with Crippen molar-refractivity contribution < 1.29 is 9.53 Å². The molecule has 0 spiro atoms. The maximum atomic E-state index is 12.8. The highest BCUT2D eigenvalue weighted by molar-refractivity contribution is 5.83. The normalized spacial score (nSPS) is 14.0. The Kier molecular flexibility index (Phi) is 5.84. The Morgan fingerprint density at radius 1 is 0.939 bits per heavy atom. The minimum Gasteiger partial charge on any atom is -0.497 e. The molecule has 1 saturated heterocycles. The largest absolute Gasteiger partial charge is 0.497 e. The van der Waals surface area contributed by atoms with Crippen molar-refractivity contribution in [1.82, 2.24) is 29.9 Å². The fraction of sp³-hybridized carbons (Fsp3) is 0.292. The molecule has 9 heteroatoms. The first kappa shape index (κ1) is 20.9. The van der Waals surface area contributed by atoms with Gasteiger partial charge in [0.05, 0.1) is 20.1 Å². The molecule has 1 aliphatic heterocycles. The highest BCUT2D eigenvalue weighted by atomic mass is 16.5. The second-order valence-electron chi connectivity index (χ2n) is 7.99. The lowest BCUT2D eigenvalue weighted by Gasteiger charge is -2.35. The molecule has 0 bridgehead atoms. The fourth-order valence-corrected chi connectivity index (χ4v) is 4.07. The van der Waals surface area contributed by atoms with Crippen LogP contribution in [0.15, 0.2) is 60.9 Å². The first-order valence-corrected chi connectivity index (χ1v) is 10.9. The molecule has 3 heterocycles. The van der Waals surface area contributed by atoms with Crippen molar-refractivity contribution in [2.24, 2.45) is 0 Å². The molecule has 0 unspecified atom stereocenters. The topological polar surface area (TPSA) is 89.3 Å². The van der Waals surface area contributed by atoms with Crippen LogP contribution in [0.5, 0.6) is 5.75 Å². The van der Waals surface area contributed by atoms with Crippen molar-refractivity contribution in [3.05, 3.63) is 72.1 Å². The van der Waals surface area contributed by atoms with E-state index in [2.05, 4.69) is 37.3 Å². The number of fused-ring (bicyclic) bond motifs is 1. The van der Waals surface area contributed by atoms with Gasteiger partial charge in [0.25, 0.3) is 0 Å². The maximum Gasteiger partial charge on any atom is 0.227 e. The van der Waals surface area contributed by atoms with Gasteiger partial charge in [-0.15, -0.1) is 5.10 Å². The molecule has 4 aromatic rings. The molecule has 9 nitrogen and oxygen atoms in total. The van der Waals surface area contributed by atoms with Gasteiger partial charge in [-0.25, -0.2) is 14.6 Å². The third-order valence-corrected chi connectivity index (χ3v) is 5.90. The number of hydrogen-bond donors (Lipinski definition) is 0. The van der Waals surface area contributed by atoms with Gasteiger partial charge in [0, 0.05) is 26.2 Å². The summed E-state index contributed by atoms with van der Waals surface area (Å²) in [6.45, 7) is 3.25. The van der Waals surface area contributed by atoms with Gasteiger partial charge >= 0.3 is 0 Å². The van der Waals surface area contributed by atoms with Crippen LogP contribution in [0.2, 0.25) is 0 Å². The monoisotopic (exact) mass is 443 g/mol. The summed E-state index contributed by atoms with van der Waals surface area (Å²) in [5, 5.41) is 8.68. The van der Waals surface area contributed by atoms with Crippen LogP contribution in [-0.4, -0.2) is 69.1 Å². The number of aromatic nitrogens is 5. The van der Waals surface area contributed by atoms with E-state index in [-0.39, 0.29) is 5.91 Å². The fourth-order valence-electron chi connectivity index (χ4n) is 4.07. The maximum absolute atomic E-state index is 12.8. The molecule has 0 radical (unpaired) electrons. The quantitative estimate of drug-likeness (QED) is 0.451. The molecule has 0 N–H and O–H groups in total. The molecule has 1 fully saturated rings. The third kappa shape index (κ3) is 4.48. The Labute approximate surface area is 191 Å². The summed E-state index contributed by atoms with van der Waals surface area (Å²) in [5.41, 5.74) is 3.51. The molecule has 1 aliphatic rings. The second kappa shape index (κ2) is 9.23. The molecule has 0 saturated carbocycles. The molecular weight excluding hydrogens is 418 g/mol. The van der Waals surface area contributed by atoms with Gasteiger partial charge in [0.15, 0.2) is 17.0 Å². The number of ether oxygens (including phenoxy) is 1. The second-order valence-corrected chi connectivity index (χ2v) is 7.99. The summed E-state index contributed by atoms with van der Waals surface area (Å²) in [6.07, 6.45) is 1.94. The van der Waals surface area contributed by atoms with Gasteiger partial charge in [-0.05, 0) is 23.3 Å². The smallest absolute Gasteiger partial charge is 0.227 e. The van der Waals surface area contributed by atoms with E-state index in [9.17, 15) is 4.79 Å². The minimum absolute atomic E-state index is 0.126. The van der Waals surface area contributed by atoms with Crippen LogP contribution in [0.25, 0.3) is 11.2 Å². The van der Waals surface area contributed by atoms with Gasteiger partial charge in [0.2, 0.25) is 5.91 Å². The Morgan fingerprint density at radius 3 is 2.42 bits per heavy atom. The Morgan fingerprint density at radius 2 is 1.70 bits per heavy atom. The number of anilines is 1. The third-order valence-electron chi connectivity index (χ3n) is 5.90. The number of nitrogens with zero attached hydrogens (tertiary/aromatic N) is 7. The molecular formula is C24H25N7O2. The average Bonchev–Trinajstić information content (AvgIpc) is 3.28. The van der Waals surface area contributed by atoms with Crippen molar-refractivity contribution >= 4 is 22.9 Å². The SMILES string of the molecule is COc1ccc(CC(=O)N2CCN(c3ncnc4c3nnn4Cc3ccccc3)CC2)cc1. The highest BCUT2D eigenvalue weighted by Gasteiger charge is 2.24. The van der Waals surface area contributed by atoms with E-state index in [1.807, 2.05) is 47.4 Å². The van der Waals surface area contributed by atoms with Gasteiger partial charge in [-0.3, -0.25) is 4.79 Å². The number of methoxy groups -OCH3 is 1. The minimum atomic E-state index is 0.126. The number of amides is 1. The van der Waals surface area contributed by atoms with Crippen molar-refractivity contribution in [2.75, 3.05) is 38.2 Å². The van der Waals surface area contributed by atoms with Crippen LogP contribution in [0.1, 0.15) is 11.1 Å². The van der Waals surface area contributed by atoms with Crippen LogP contribution in [0.4, 0.5) is 5.82 Å². The Bertz CT molecular complexity index is 1230. The molecule has 33 heavy (non-hydrogen) atoms. The number of hydrogen-bond acceptors (Lipinski definition) is 7. The molecule has 168 valence electrons. The predicted octanol–water partition coefficient (Wildman–Crippen LogP) is 2.17. The zero-order chi connectivity index (χ0) is 22.6. The van der Waals surface area contributed by atoms with E-state index < -0.39 is 0 Å². The van der Waals surface area contributed by atoms with Crippen LogP contribution in [0, 0.1) is 0 Å². The molecule has 1 amide bonds. The standard InChI is InChI=1S/C24H25N7O2/c1-33-20-9-7-18(8-10-20)15-21(32)29-11-13-30(14-12-29)23-22-24(26-17-25-23)31(28-27-22)16-19-5-3-2-4-6-19/h2-10,17H,11-16H2,1H3. The van der Waals surface area contributed by atoms with Crippen molar-refractivity contribution in [3.8, 4) is 5.75 Å². The van der Waals surface area contributed by atoms with Crippen molar-refractivity contribution in [2.45, 2.75) is 13.0 Å². The van der Waals surface area contributed by atoms with Crippen LogP contribution in [0.3, 0.4) is 0 Å². The van der Waals surface area contributed by atoms with E-state index >= 15 is 0 Å². The lowest BCUT2D eigenvalue weighted by Crippen LogP contribution is -2.49. The van der Waals surface area contributed by atoms with Crippen LogP contribution >= 0.6 is 0 Å². The number of carbonyl (C=O) groups excluding carboxylic acids is 1. The molecule has 2 aromatic heterocycles. The van der Waals surface area contributed by atoms with Gasteiger partial charge in [-0.2, -0.15) is 0 Å². The number of piperazine rings is 1. The van der Waals surface area contributed by atoms with E-state index in [1.54, 1.807) is 18.1 Å². The highest BCUT2D eigenvalue weighted by Crippen LogP contribution is 2.22. The number of benzene rings is 2. The predicted molar refractivity (Wildman–Crippen MR) is 124 cm³/mol. The van der Waals surface area contributed by atoms with Gasteiger partial charge in [0.1, 0.15) is 12.1 Å². The van der Waals surface area contributed by atoms with Crippen LogP contribution < -0.4 is 9.64 Å². The first-order chi connectivity index (χ1) is 16.2. The summed E-state index contributed by atoms with van der Waals surface area (Å²) >= 11 is 0. The van der Waals surface area contributed by atoms with Gasteiger partial charge in [-0.1, -0.05) is 47.7 Å². The molecule has 0 atom stereocenters. The summed E-state index contributed by atoms with van der Waals surface area (Å²) in [6, 6.07) is 17.7. The Balaban J connectivity index is 1.25. The summed E-state index contributed by atoms with van der Waals surface area (Å²) in [5.74, 6) is 1.68. The Hall–Kier alpha value is -4.01. The molecule has 2 aromatic carbocycles. The summed E-state index contributed by atoms with van der Waals surface area (Å²) in [7, 11) is 1.63. The number of carbonyl (C=O) groups is 1. The lowest BCUT2D eigenvalue weighted by molar-refractivity contribution is -0.130. The summed E-state index contributed by atoms with van der Waals surface area (Å²) < 4.78 is 6.98. The van der Waals surface area contributed by atoms with E-state index in [0.717, 1.165) is 22.7 Å². The van der Waals surface area contributed by atoms with E-state index in [0.29, 0.717) is 50.3 Å². The van der Waals surface area contributed by atoms with E-state index in [1.165, 1.54) is 0 Å². The molecule has 0 aliphatic carbocycles. The number of rotatable bonds is 6. The molecule has 5 rings (SSSR count). The van der Waals surface area contributed by atoms with Crippen molar-refractivity contribution in [3.63, 3.8) is 0 Å². The zero-order valence-corrected chi connectivity index (χ0v) is 18.5. The van der Waals surface area contributed by atoms with Crippen LogP contribution in [-0.2, 0) is 17.8 Å². The van der Waals surface area contributed by atoms with E-state index in [4.69, 9.17) is 4.74 Å². The lowest BCUT2D eigenvalue weighted by atomic mass is 10.1. The average molecular weight is 444 g/mol. The van der Waals surface area contributed by atoms with Gasteiger partial charge < -0.3 is 14.5 Å². The van der Waals surface area contributed by atoms with Crippen molar-refractivity contribution in [1.29, 1.82) is 0 Å².